The minimum absolute atomic E-state index is 0.0594. The first-order valence-electron chi connectivity index (χ1n) is 11.8. The van der Waals surface area contributed by atoms with Crippen molar-refractivity contribution in [2.45, 2.75) is 23.7 Å². The van der Waals surface area contributed by atoms with Crippen LogP contribution in [-0.4, -0.2) is 52.3 Å². The highest BCUT2D eigenvalue weighted by Crippen LogP contribution is 2.31. The molecule has 35 heavy (non-hydrogen) atoms. The molecule has 178 valence electrons. The fourth-order valence-corrected chi connectivity index (χ4v) is 5.09. The normalized spacial score (nSPS) is 15.1. The van der Waals surface area contributed by atoms with Gasteiger partial charge in [0.1, 0.15) is 10.9 Å². The van der Waals surface area contributed by atoms with Crippen LogP contribution in [0.2, 0.25) is 0 Å². The van der Waals surface area contributed by atoms with E-state index in [1.807, 2.05) is 85.8 Å². The van der Waals surface area contributed by atoms with Crippen molar-refractivity contribution >= 4 is 34.3 Å². The summed E-state index contributed by atoms with van der Waals surface area (Å²) in [4.78, 5) is 25.2. The Morgan fingerprint density at radius 3 is 2.51 bits per heavy atom. The van der Waals surface area contributed by atoms with Gasteiger partial charge in [-0.05, 0) is 24.6 Å². The van der Waals surface area contributed by atoms with Crippen LogP contribution in [0.15, 0.2) is 83.9 Å². The molecule has 1 amide bonds. The van der Waals surface area contributed by atoms with Crippen molar-refractivity contribution in [1.82, 2.24) is 14.9 Å². The van der Waals surface area contributed by atoms with Crippen LogP contribution < -0.4 is 5.32 Å². The molecule has 5 rings (SSSR count). The van der Waals surface area contributed by atoms with E-state index >= 15 is 0 Å². The molecule has 0 saturated carbocycles. The van der Waals surface area contributed by atoms with Crippen LogP contribution in [0.3, 0.4) is 0 Å². The van der Waals surface area contributed by atoms with Crippen molar-refractivity contribution in [3.8, 4) is 11.1 Å². The quantitative estimate of drug-likeness (QED) is 0.286. The molecule has 0 spiro atoms. The number of morpholine rings is 1. The molecule has 2 heterocycles. The highest BCUT2D eigenvalue weighted by Gasteiger charge is 2.20. The van der Waals surface area contributed by atoms with Crippen LogP contribution in [0, 0.1) is 0 Å². The lowest BCUT2D eigenvalue weighted by atomic mass is 10.0. The summed E-state index contributed by atoms with van der Waals surface area (Å²) >= 11 is 1.47. The Morgan fingerprint density at radius 1 is 0.971 bits per heavy atom. The number of fused-ring (bicyclic) bond motifs is 1. The standard InChI is InChI=1S/C28H28N4O2S/c1-20(27(33)30-24-13-7-5-11-22(24)21-9-3-2-4-10-21)35-28-23-12-6-8-14-25(23)29-26(31-28)19-32-15-17-34-18-16-32/h2-14,20H,15-19H2,1H3,(H,30,33). The highest BCUT2D eigenvalue weighted by molar-refractivity contribution is 8.00. The van der Waals surface area contributed by atoms with Gasteiger partial charge in [-0.1, -0.05) is 78.5 Å². The molecule has 1 aliphatic heterocycles. The number of aromatic nitrogens is 2. The molecular formula is C28H28N4O2S. The van der Waals surface area contributed by atoms with Gasteiger partial charge in [-0.25, -0.2) is 9.97 Å². The van der Waals surface area contributed by atoms with Gasteiger partial charge in [0, 0.05) is 29.7 Å². The summed E-state index contributed by atoms with van der Waals surface area (Å²) < 4.78 is 5.46. The van der Waals surface area contributed by atoms with Crippen LogP contribution in [0.25, 0.3) is 22.0 Å². The van der Waals surface area contributed by atoms with Gasteiger partial charge in [0.05, 0.1) is 30.5 Å². The van der Waals surface area contributed by atoms with Crippen LogP contribution in [-0.2, 0) is 16.1 Å². The Balaban J connectivity index is 1.36. The average molecular weight is 485 g/mol. The predicted molar refractivity (Wildman–Crippen MR) is 141 cm³/mol. The maximum atomic E-state index is 13.2. The summed E-state index contributed by atoms with van der Waals surface area (Å²) in [6, 6.07) is 26.0. The average Bonchev–Trinajstić information content (AvgIpc) is 2.90. The number of nitrogens with one attached hydrogen (secondary N) is 1. The number of hydrogen-bond donors (Lipinski definition) is 1. The maximum absolute atomic E-state index is 13.2. The number of nitrogens with zero attached hydrogens (tertiary/aromatic N) is 3. The molecule has 3 aromatic carbocycles. The van der Waals surface area contributed by atoms with E-state index in [4.69, 9.17) is 14.7 Å². The van der Waals surface area contributed by atoms with E-state index in [1.165, 1.54) is 11.8 Å². The van der Waals surface area contributed by atoms with Gasteiger partial charge in [-0.15, -0.1) is 0 Å². The Hall–Kier alpha value is -3.26. The lowest BCUT2D eigenvalue weighted by Gasteiger charge is -2.26. The van der Waals surface area contributed by atoms with Gasteiger partial charge < -0.3 is 10.1 Å². The number of rotatable bonds is 7. The van der Waals surface area contributed by atoms with Gasteiger partial charge in [0.25, 0.3) is 0 Å². The lowest BCUT2D eigenvalue weighted by molar-refractivity contribution is -0.115. The number of carbonyl (C=O) groups excluding carboxylic acids is 1. The largest absolute Gasteiger partial charge is 0.379 e. The lowest BCUT2D eigenvalue weighted by Crippen LogP contribution is -2.36. The molecule has 1 fully saturated rings. The summed E-state index contributed by atoms with van der Waals surface area (Å²) in [5, 5.41) is 4.59. The third kappa shape index (κ3) is 5.70. The van der Waals surface area contributed by atoms with Crippen LogP contribution in [0.4, 0.5) is 5.69 Å². The van der Waals surface area contributed by atoms with Crippen molar-refractivity contribution in [3.05, 3.63) is 84.7 Å². The van der Waals surface area contributed by atoms with Crippen LogP contribution in [0.1, 0.15) is 12.7 Å². The number of carbonyl (C=O) groups is 1. The minimum atomic E-state index is -0.339. The summed E-state index contributed by atoms with van der Waals surface area (Å²) in [7, 11) is 0. The maximum Gasteiger partial charge on any atom is 0.237 e. The van der Waals surface area contributed by atoms with Crippen molar-refractivity contribution in [3.63, 3.8) is 0 Å². The molecule has 1 N–H and O–H groups in total. The van der Waals surface area contributed by atoms with Gasteiger partial charge in [0.2, 0.25) is 5.91 Å². The highest BCUT2D eigenvalue weighted by atomic mass is 32.2. The molecule has 1 aliphatic rings. The Labute approximate surface area is 209 Å². The van der Waals surface area contributed by atoms with Gasteiger partial charge in [-0.2, -0.15) is 0 Å². The van der Waals surface area contributed by atoms with Gasteiger partial charge in [0.15, 0.2) is 0 Å². The molecular weight excluding hydrogens is 456 g/mol. The summed E-state index contributed by atoms with van der Waals surface area (Å²) in [6.45, 7) is 5.81. The molecule has 1 saturated heterocycles. The van der Waals surface area contributed by atoms with Gasteiger partial charge >= 0.3 is 0 Å². The molecule has 0 radical (unpaired) electrons. The fraction of sp³-hybridized carbons (Fsp3) is 0.250. The third-order valence-corrected chi connectivity index (χ3v) is 7.11. The predicted octanol–water partition coefficient (Wildman–Crippen LogP) is 5.25. The van der Waals surface area contributed by atoms with Gasteiger partial charge in [-0.3, -0.25) is 9.69 Å². The molecule has 4 aromatic rings. The monoisotopic (exact) mass is 484 g/mol. The molecule has 1 atom stereocenters. The first kappa shape index (κ1) is 23.5. The number of hydrogen-bond acceptors (Lipinski definition) is 6. The van der Waals surface area contributed by atoms with E-state index in [2.05, 4.69) is 10.2 Å². The zero-order chi connectivity index (χ0) is 24.0. The molecule has 6 nitrogen and oxygen atoms in total. The van der Waals surface area contributed by atoms with E-state index in [0.717, 1.165) is 64.9 Å². The smallest absolute Gasteiger partial charge is 0.237 e. The zero-order valence-electron chi connectivity index (χ0n) is 19.7. The third-order valence-electron chi connectivity index (χ3n) is 6.01. The second-order valence-electron chi connectivity index (χ2n) is 8.51. The van der Waals surface area contributed by atoms with Crippen LogP contribution in [0.5, 0.6) is 0 Å². The molecule has 1 unspecified atom stereocenters. The number of ether oxygens (including phenoxy) is 1. The SMILES string of the molecule is CC(Sc1nc(CN2CCOCC2)nc2ccccc12)C(=O)Nc1ccccc1-c1ccccc1. The number of thioether (sulfide) groups is 1. The topological polar surface area (TPSA) is 67.3 Å². The second-order valence-corrected chi connectivity index (χ2v) is 9.84. The van der Waals surface area contributed by atoms with E-state index in [0.29, 0.717) is 6.54 Å². The Morgan fingerprint density at radius 2 is 1.69 bits per heavy atom. The Bertz CT molecular complexity index is 1310. The van der Waals surface area contributed by atoms with Crippen molar-refractivity contribution in [2.24, 2.45) is 0 Å². The number of para-hydroxylation sites is 2. The molecule has 7 heteroatoms. The molecule has 0 bridgehead atoms. The summed E-state index contributed by atoms with van der Waals surface area (Å²) in [6.07, 6.45) is 0. The zero-order valence-corrected chi connectivity index (χ0v) is 20.5. The Kier molecular flexibility index (Phi) is 7.37. The van der Waals surface area contributed by atoms with Crippen molar-refractivity contribution in [1.29, 1.82) is 0 Å². The van der Waals surface area contributed by atoms with Crippen molar-refractivity contribution < 1.29 is 9.53 Å². The van der Waals surface area contributed by atoms with Crippen molar-refractivity contribution in [2.75, 3.05) is 31.6 Å². The number of benzene rings is 3. The minimum Gasteiger partial charge on any atom is -0.379 e. The van der Waals surface area contributed by atoms with Crippen LogP contribution >= 0.6 is 11.8 Å². The van der Waals surface area contributed by atoms with E-state index < -0.39 is 0 Å². The van der Waals surface area contributed by atoms with E-state index in [-0.39, 0.29) is 11.2 Å². The number of anilines is 1. The summed E-state index contributed by atoms with van der Waals surface area (Å²) in [5.74, 6) is 0.714. The summed E-state index contributed by atoms with van der Waals surface area (Å²) in [5.41, 5.74) is 3.77. The number of amides is 1. The van der Waals surface area contributed by atoms with E-state index in [1.54, 1.807) is 0 Å². The first-order chi connectivity index (χ1) is 17.2. The van der Waals surface area contributed by atoms with E-state index in [9.17, 15) is 4.79 Å². The molecule has 0 aliphatic carbocycles. The second kappa shape index (κ2) is 11.0. The first-order valence-corrected chi connectivity index (χ1v) is 12.7. The molecule has 1 aromatic heterocycles. The fourth-order valence-electron chi connectivity index (χ4n) is 4.13.